The van der Waals surface area contributed by atoms with E-state index in [1.54, 1.807) is 34.8 Å². The predicted octanol–water partition coefficient (Wildman–Crippen LogP) is 3.90. The molecule has 0 unspecified atom stereocenters. The summed E-state index contributed by atoms with van der Waals surface area (Å²) in [6.07, 6.45) is 0.330. The molecule has 4 rings (SSSR count). The molecule has 1 saturated heterocycles. The van der Waals surface area contributed by atoms with E-state index in [1.165, 1.54) is 17.0 Å². The average Bonchev–Trinajstić information content (AvgIpc) is 3.36. The van der Waals surface area contributed by atoms with Crippen molar-refractivity contribution in [3.8, 4) is 10.6 Å². The minimum Gasteiger partial charge on any atom is -0.340 e. The first-order chi connectivity index (χ1) is 13.2. The van der Waals surface area contributed by atoms with Gasteiger partial charge in [0.25, 0.3) is 0 Å². The van der Waals surface area contributed by atoms with Gasteiger partial charge in [-0.1, -0.05) is 18.2 Å². The van der Waals surface area contributed by atoms with Crippen LogP contribution in [0.5, 0.6) is 0 Å². The Morgan fingerprint density at radius 3 is 2.56 bits per heavy atom. The van der Waals surface area contributed by atoms with Gasteiger partial charge in [-0.05, 0) is 29.1 Å². The number of carbonyl (C=O) groups is 1. The van der Waals surface area contributed by atoms with Crippen LogP contribution in [0.25, 0.3) is 10.6 Å². The molecule has 1 fully saturated rings. The molecule has 1 aliphatic heterocycles. The van der Waals surface area contributed by atoms with E-state index in [-0.39, 0.29) is 11.7 Å². The molecule has 0 N–H and O–H groups in total. The van der Waals surface area contributed by atoms with Gasteiger partial charge in [-0.15, -0.1) is 22.7 Å². The molecule has 0 radical (unpaired) electrons. The number of halogens is 1. The normalized spacial score (nSPS) is 15.2. The van der Waals surface area contributed by atoms with Gasteiger partial charge in [0.2, 0.25) is 5.91 Å². The Morgan fingerprint density at radius 1 is 1.07 bits per heavy atom. The van der Waals surface area contributed by atoms with Crippen LogP contribution in [0.15, 0.2) is 47.2 Å². The lowest BCUT2D eigenvalue weighted by Crippen LogP contribution is -2.48. The molecule has 0 aliphatic carbocycles. The number of hydrogen-bond acceptors (Lipinski definition) is 5. The van der Waals surface area contributed by atoms with Crippen LogP contribution in [-0.4, -0.2) is 46.9 Å². The molecule has 3 heterocycles. The maximum absolute atomic E-state index is 13.0. The smallest absolute Gasteiger partial charge is 0.227 e. The molecule has 0 saturated carbocycles. The van der Waals surface area contributed by atoms with Gasteiger partial charge in [0.15, 0.2) is 0 Å². The molecule has 140 valence electrons. The summed E-state index contributed by atoms with van der Waals surface area (Å²) in [4.78, 5) is 22.6. The van der Waals surface area contributed by atoms with Crippen molar-refractivity contribution < 1.29 is 9.18 Å². The molecule has 0 atom stereocenters. The summed E-state index contributed by atoms with van der Waals surface area (Å²) in [7, 11) is 0. The average molecular weight is 402 g/mol. The van der Waals surface area contributed by atoms with Crippen molar-refractivity contribution in [2.45, 2.75) is 13.0 Å². The Morgan fingerprint density at radius 2 is 1.85 bits per heavy atom. The van der Waals surface area contributed by atoms with E-state index in [0.717, 1.165) is 49.0 Å². The summed E-state index contributed by atoms with van der Waals surface area (Å²) < 4.78 is 13.0. The van der Waals surface area contributed by atoms with Gasteiger partial charge < -0.3 is 4.90 Å². The Kier molecular flexibility index (Phi) is 5.61. The fourth-order valence-corrected chi connectivity index (χ4v) is 4.75. The molecule has 1 amide bonds. The van der Waals surface area contributed by atoms with E-state index < -0.39 is 0 Å². The van der Waals surface area contributed by atoms with Crippen LogP contribution in [0.4, 0.5) is 4.39 Å². The number of aromatic nitrogens is 1. The number of amides is 1. The standard InChI is InChI=1S/C20H20FN3OS2/c21-16-5-3-15(4-6-16)12-20(25)24-9-7-23(8-10-24)13-19-22-17(14-27-19)18-2-1-11-26-18/h1-6,11,14H,7-10,12-13H2. The van der Waals surface area contributed by atoms with Gasteiger partial charge in [0, 0.05) is 31.6 Å². The van der Waals surface area contributed by atoms with Crippen LogP contribution < -0.4 is 0 Å². The highest BCUT2D eigenvalue weighted by molar-refractivity contribution is 7.14. The summed E-state index contributed by atoms with van der Waals surface area (Å²) in [6, 6.07) is 10.3. The van der Waals surface area contributed by atoms with Crippen LogP contribution in [0.2, 0.25) is 0 Å². The molecular weight excluding hydrogens is 381 g/mol. The van der Waals surface area contributed by atoms with Gasteiger partial charge in [0.1, 0.15) is 10.8 Å². The summed E-state index contributed by atoms with van der Waals surface area (Å²) in [6.45, 7) is 3.98. The van der Waals surface area contributed by atoms with Gasteiger partial charge in [-0.2, -0.15) is 0 Å². The summed E-state index contributed by atoms with van der Waals surface area (Å²) in [5.74, 6) is -0.167. The van der Waals surface area contributed by atoms with E-state index in [1.807, 2.05) is 11.0 Å². The third-order valence-electron chi connectivity index (χ3n) is 4.68. The van der Waals surface area contributed by atoms with Gasteiger partial charge in [0.05, 0.1) is 23.5 Å². The molecular formula is C20H20FN3OS2. The molecule has 1 aliphatic rings. The Hall–Kier alpha value is -2.09. The zero-order valence-electron chi connectivity index (χ0n) is 14.8. The number of piperazine rings is 1. The molecule has 4 nitrogen and oxygen atoms in total. The molecule has 2 aromatic heterocycles. The van der Waals surface area contributed by atoms with Crippen molar-refractivity contribution >= 4 is 28.6 Å². The van der Waals surface area contributed by atoms with Crippen molar-refractivity contribution in [3.63, 3.8) is 0 Å². The molecule has 27 heavy (non-hydrogen) atoms. The van der Waals surface area contributed by atoms with Crippen LogP contribution in [0, 0.1) is 5.82 Å². The number of nitrogens with zero attached hydrogens (tertiary/aromatic N) is 3. The highest BCUT2D eigenvalue weighted by atomic mass is 32.1. The van der Waals surface area contributed by atoms with E-state index in [0.29, 0.717) is 6.42 Å². The fraction of sp³-hybridized carbons (Fsp3) is 0.300. The van der Waals surface area contributed by atoms with Crippen LogP contribution in [0.1, 0.15) is 10.6 Å². The monoisotopic (exact) mass is 401 g/mol. The molecule has 1 aromatic carbocycles. The summed E-state index contributed by atoms with van der Waals surface area (Å²) in [5, 5.41) is 5.30. The van der Waals surface area contributed by atoms with E-state index in [4.69, 9.17) is 4.98 Å². The first kappa shape index (κ1) is 18.3. The molecule has 0 spiro atoms. The number of thiophene rings is 1. The first-order valence-corrected chi connectivity index (χ1v) is 10.7. The lowest BCUT2D eigenvalue weighted by molar-refractivity contribution is -0.132. The highest BCUT2D eigenvalue weighted by Gasteiger charge is 2.22. The quantitative estimate of drug-likeness (QED) is 0.651. The van der Waals surface area contributed by atoms with Crippen molar-refractivity contribution in [2.75, 3.05) is 26.2 Å². The topological polar surface area (TPSA) is 36.4 Å². The third-order valence-corrected chi connectivity index (χ3v) is 6.40. The minimum absolute atomic E-state index is 0.107. The number of carbonyl (C=O) groups excluding carboxylic acids is 1. The Balaban J connectivity index is 1.27. The first-order valence-electron chi connectivity index (χ1n) is 8.90. The second kappa shape index (κ2) is 8.29. The Bertz CT molecular complexity index is 884. The minimum atomic E-state index is -0.274. The highest BCUT2D eigenvalue weighted by Crippen LogP contribution is 2.26. The van der Waals surface area contributed by atoms with Crippen molar-refractivity contribution in [2.24, 2.45) is 0 Å². The van der Waals surface area contributed by atoms with Gasteiger partial charge in [-0.3, -0.25) is 9.69 Å². The maximum atomic E-state index is 13.0. The van der Waals surface area contributed by atoms with E-state index in [9.17, 15) is 9.18 Å². The zero-order valence-corrected chi connectivity index (χ0v) is 16.4. The number of benzene rings is 1. The SMILES string of the molecule is O=C(Cc1ccc(F)cc1)N1CCN(Cc2nc(-c3cccs3)cs2)CC1. The number of rotatable bonds is 5. The van der Waals surface area contributed by atoms with Crippen LogP contribution in [-0.2, 0) is 17.8 Å². The lowest BCUT2D eigenvalue weighted by atomic mass is 10.1. The largest absolute Gasteiger partial charge is 0.340 e. The van der Waals surface area contributed by atoms with Crippen LogP contribution >= 0.6 is 22.7 Å². The zero-order chi connectivity index (χ0) is 18.6. The second-order valence-electron chi connectivity index (χ2n) is 6.56. The summed E-state index contributed by atoms with van der Waals surface area (Å²) >= 11 is 3.40. The second-order valence-corrected chi connectivity index (χ2v) is 8.45. The van der Waals surface area contributed by atoms with Crippen molar-refractivity contribution in [3.05, 3.63) is 63.5 Å². The van der Waals surface area contributed by atoms with Gasteiger partial charge >= 0.3 is 0 Å². The molecule has 0 bridgehead atoms. The van der Waals surface area contributed by atoms with E-state index in [2.05, 4.69) is 21.7 Å². The van der Waals surface area contributed by atoms with Crippen molar-refractivity contribution in [1.82, 2.24) is 14.8 Å². The Labute approximate surface area is 165 Å². The summed E-state index contributed by atoms with van der Waals surface area (Å²) in [5.41, 5.74) is 1.91. The maximum Gasteiger partial charge on any atom is 0.227 e. The third kappa shape index (κ3) is 4.61. The van der Waals surface area contributed by atoms with E-state index >= 15 is 0 Å². The molecule has 3 aromatic rings. The van der Waals surface area contributed by atoms with Crippen LogP contribution in [0.3, 0.4) is 0 Å². The fourth-order valence-electron chi connectivity index (χ4n) is 3.16. The number of hydrogen-bond donors (Lipinski definition) is 0. The predicted molar refractivity (Wildman–Crippen MR) is 107 cm³/mol. The van der Waals surface area contributed by atoms with Crippen molar-refractivity contribution in [1.29, 1.82) is 0 Å². The lowest BCUT2D eigenvalue weighted by Gasteiger charge is -2.34. The van der Waals surface area contributed by atoms with Gasteiger partial charge in [-0.25, -0.2) is 9.37 Å². The number of thiazole rings is 1. The molecule has 7 heteroatoms.